The number of aryl methyl sites for hydroxylation is 2. The van der Waals surface area contributed by atoms with Gasteiger partial charge in [0.2, 0.25) is 0 Å². The molecule has 0 saturated heterocycles. The summed E-state index contributed by atoms with van der Waals surface area (Å²) in [7, 11) is 0. The number of phenols is 2. The molecule has 0 fully saturated rings. The molecule has 8 heteroatoms. The summed E-state index contributed by atoms with van der Waals surface area (Å²) in [5, 5.41) is 43.5. The summed E-state index contributed by atoms with van der Waals surface area (Å²) >= 11 is 0. The Morgan fingerprint density at radius 3 is 1.34 bits per heavy atom. The highest BCUT2D eigenvalue weighted by molar-refractivity contribution is 5.93. The number of phenolic OH excluding ortho intramolecular Hbond substituents is 2. The first-order valence-corrected chi connectivity index (χ1v) is 8.98. The topological polar surface area (TPSA) is 130 Å². The third-order valence-electron chi connectivity index (χ3n) is 4.06. The quantitative estimate of drug-likeness (QED) is 0.236. The second kappa shape index (κ2) is 10.6. The van der Waals surface area contributed by atoms with Crippen LogP contribution in [0.15, 0.2) is 44.6 Å². The Kier molecular flexibility index (Phi) is 7.90. The van der Waals surface area contributed by atoms with E-state index >= 15 is 0 Å². The van der Waals surface area contributed by atoms with E-state index in [-0.39, 0.29) is 11.5 Å². The number of aliphatic imine (C=N–C) groups is 2. The Labute approximate surface area is 168 Å². The molecule has 8 nitrogen and oxygen atoms in total. The number of aromatic hydroxyl groups is 2. The SMILES string of the molecule is Cc1cc(C=NCCCN=Cc2cc(C)cc(/C=N/O)c2O)c(O)c(/C=N/O)c1. The van der Waals surface area contributed by atoms with Crippen molar-refractivity contribution >= 4 is 24.9 Å². The van der Waals surface area contributed by atoms with Gasteiger partial charge in [-0.15, -0.1) is 0 Å². The fourth-order valence-corrected chi connectivity index (χ4v) is 2.77. The minimum Gasteiger partial charge on any atom is -0.507 e. The second-order valence-corrected chi connectivity index (χ2v) is 6.50. The van der Waals surface area contributed by atoms with E-state index in [4.69, 9.17) is 10.4 Å². The lowest BCUT2D eigenvalue weighted by molar-refractivity contribution is 0.321. The molecule has 0 aromatic heterocycles. The van der Waals surface area contributed by atoms with Crippen molar-refractivity contribution in [3.05, 3.63) is 57.6 Å². The molecule has 0 saturated carbocycles. The van der Waals surface area contributed by atoms with Crippen LogP contribution >= 0.6 is 0 Å². The standard InChI is InChI=1S/C21H24N4O4/c1-14-6-16(20(26)18(8-14)12-24-28)10-22-4-3-5-23-11-17-7-15(2)9-19(13-25-29)21(17)27/h6-13,26-29H,3-5H2,1-2H3/b22-10?,23-11?,24-12+,25-13+. The smallest absolute Gasteiger partial charge is 0.133 e. The maximum atomic E-state index is 10.2. The van der Waals surface area contributed by atoms with Crippen molar-refractivity contribution in [3.8, 4) is 11.5 Å². The lowest BCUT2D eigenvalue weighted by atomic mass is 10.1. The molecule has 0 aliphatic heterocycles. The van der Waals surface area contributed by atoms with Gasteiger partial charge in [-0.1, -0.05) is 10.3 Å². The van der Waals surface area contributed by atoms with Crippen molar-refractivity contribution < 1.29 is 20.6 Å². The Balaban J connectivity index is 1.94. The molecule has 0 heterocycles. The normalized spacial score (nSPS) is 12.2. The van der Waals surface area contributed by atoms with E-state index in [9.17, 15) is 10.2 Å². The Morgan fingerprint density at radius 2 is 1.00 bits per heavy atom. The van der Waals surface area contributed by atoms with Crippen molar-refractivity contribution in [2.75, 3.05) is 13.1 Å². The third-order valence-corrected chi connectivity index (χ3v) is 4.06. The first-order valence-electron chi connectivity index (χ1n) is 8.98. The van der Waals surface area contributed by atoms with Crippen molar-refractivity contribution in [1.82, 2.24) is 0 Å². The predicted octanol–water partition coefficient (Wildman–Crippen LogP) is 3.26. The van der Waals surface area contributed by atoms with Gasteiger partial charge in [-0.25, -0.2) is 0 Å². The number of hydrogen-bond donors (Lipinski definition) is 4. The maximum Gasteiger partial charge on any atom is 0.133 e. The zero-order chi connectivity index (χ0) is 21.2. The van der Waals surface area contributed by atoms with Gasteiger partial charge in [0.15, 0.2) is 0 Å². The second-order valence-electron chi connectivity index (χ2n) is 6.50. The van der Waals surface area contributed by atoms with E-state index in [1.165, 1.54) is 12.4 Å². The third kappa shape index (κ3) is 6.17. The molecule has 2 aromatic carbocycles. The van der Waals surface area contributed by atoms with Crippen molar-refractivity contribution in [1.29, 1.82) is 0 Å². The molecule has 0 spiro atoms. The molecule has 0 bridgehead atoms. The number of rotatable bonds is 8. The van der Waals surface area contributed by atoms with Crippen molar-refractivity contribution in [2.24, 2.45) is 20.3 Å². The molecule has 152 valence electrons. The van der Waals surface area contributed by atoms with Gasteiger partial charge in [0, 0.05) is 47.8 Å². The van der Waals surface area contributed by atoms with Crippen LogP contribution in [0.5, 0.6) is 11.5 Å². The van der Waals surface area contributed by atoms with Gasteiger partial charge >= 0.3 is 0 Å². The minimum atomic E-state index is 0.00677. The Hall–Kier alpha value is -3.68. The minimum absolute atomic E-state index is 0.00677. The lowest BCUT2D eigenvalue weighted by Crippen LogP contribution is -1.94. The van der Waals surface area contributed by atoms with Gasteiger partial charge in [-0.05, 0) is 55.7 Å². The Morgan fingerprint density at radius 1 is 0.655 bits per heavy atom. The molecule has 0 radical (unpaired) electrons. The molecule has 29 heavy (non-hydrogen) atoms. The highest BCUT2D eigenvalue weighted by Gasteiger charge is 2.06. The first-order chi connectivity index (χ1) is 14.0. The molecule has 0 aliphatic carbocycles. The van der Waals surface area contributed by atoms with Crippen LogP contribution in [0.25, 0.3) is 0 Å². The number of hydrogen-bond acceptors (Lipinski definition) is 8. The summed E-state index contributed by atoms with van der Waals surface area (Å²) in [6.07, 6.45) is 6.18. The van der Waals surface area contributed by atoms with Gasteiger partial charge in [-0.2, -0.15) is 0 Å². The van der Waals surface area contributed by atoms with Gasteiger partial charge in [0.1, 0.15) is 11.5 Å². The summed E-state index contributed by atoms with van der Waals surface area (Å²) in [6, 6.07) is 7.00. The molecular formula is C21H24N4O4. The number of benzene rings is 2. The molecule has 2 rings (SSSR count). The monoisotopic (exact) mass is 396 g/mol. The first kappa shape index (κ1) is 21.6. The average Bonchev–Trinajstić information content (AvgIpc) is 2.68. The van der Waals surface area contributed by atoms with Crippen LogP contribution in [0.3, 0.4) is 0 Å². The zero-order valence-electron chi connectivity index (χ0n) is 16.3. The van der Waals surface area contributed by atoms with Crippen LogP contribution in [0.4, 0.5) is 0 Å². The van der Waals surface area contributed by atoms with Crippen LogP contribution in [-0.4, -0.2) is 58.6 Å². The predicted molar refractivity (Wildman–Crippen MR) is 114 cm³/mol. The van der Waals surface area contributed by atoms with Crippen molar-refractivity contribution in [2.45, 2.75) is 20.3 Å². The van der Waals surface area contributed by atoms with E-state index in [0.29, 0.717) is 41.8 Å². The molecule has 0 atom stereocenters. The van der Waals surface area contributed by atoms with E-state index in [0.717, 1.165) is 11.1 Å². The number of oxime groups is 2. The zero-order valence-corrected chi connectivity index (χ0v) is 16.3. The van der Waals surface area contributed by atoms with E-state index in [1.807, 2.05) is 13.8 Å². The van der Waals surface area contributed by atoms with E-state index in [2.05, 4.69) is 20.3 Å². The lowest BCUT2D eigenvalue weighted by Gasteiger charge is -2.05. The summed E-state index contributed by atoms with van der Waals surface area (Å²) in [4.78, 5) is 8.60. The highest BCUT2D eigenvalue weighted by Crippen LogP contribution is 2.22. The average molecular weight is 396 g/mol. The largest absolute Gasteiger partial charge is 0.507 e. The molecule has 0 unspecified atom stereocenters. The van der Waals surface area contributed by atoms with Crippen LogP contribution < -0.4 is 0 Å². The maximum absolute atomic E-state index is 10.2. The molecule has 2 aromatic rings. The fraction of sp³-hybridized carbons (Fsp3) is 0.238. The van der Waals surface area contributed by atoms with E-state index < -0.39 is 0 Å². The van der Waals surface area contributed by atoms with Gasteiger partial charge in [-0.3, -0.25) is 9.98 Å². The summed E-state index contributed by atoms with van der Waals surface area (Å²) in [5.74, 6) is 0.0135. The molecule has 4 N–H and O–H groups in total. The Bertz CT molecular complexity index is 888. The van der Waals surface area contributed by atoms with Gasteiger partial charge < -0.3 is 20.6 Å². The van der Waals surface area contributed by atoms with Crippen LogP contribution in [0, 0.1) is 13.8 Å². The molecule has 0 amide bonds. The summed E-state index contributed by atoms with van der Waals surface area (Å²) in [5.41, 5.74) is 3.75. The summed E-state index contributed by atoms with van der Waals surface area (Å²) in [6.45, 7) is 4.77. The van der Waals surface area contributed by atoms with Crippen LogP contribution in [0.1, 0.15) is 39.8 Å². The van der Waals surface area contributed by atoms with Gasteiger partial charge in [0.25, 0.3) is 0 Å². The molecule has 0 aliphatic rings. The van der Waals surface area contributed by atoms with Gasteiger partial charge in [0.05, 0.1) is 12.4 Å². The molecular weight excluding hydrogens is 372 g/mol. The van der Waals surface area contributed by atoms with Crippen molar-refractivity contribution in [3.63, 3.8) is 0 Å². The highest BCUT2D eigenvalue weighted by atomic mass is 16.4. The number of nitrogens with zero attached hydrogens (tertiary/aromatic N) is 4. The fourth-order valence-electron chi connectivity index (χ4n) is 2.77. The summed E-state index contributed by atoms with van der Waals surface area (Å²) < 4.78 is 0. The van der Waals surface area contributed by atoms with Crippen LogP contribution in [0.2, 0.25) is 0 Å². The van der Waals surface area contributed by atoms with Crippen LogP contribution in [-0.2, 0) is 0 Å². The van der Waals surface area contributed by atoms with E-state index in [1.54, 1.807) is 36.7 Å².